The van der Waals surface area contributed by atoms with Crippen LogP contribution in [0, 0.1) is 13.8 Å². The molecular weight excluding hydrogens is 428 g/mol. The molecule has 1 aromatic heterocycles. The summed E-state index contributed by atoms with van der Waals surface area (Å²) in [5, 5.41) is 5.29. The van der Waals surface area contributed by atoms with Crippen molar-refractivity contribution in [3.05, 3.63) is 81.1 Å². The maximum absolute atomic E-state index is 13.0. The van der Waals surface area contributed by atoms with Gasteiger partial charge in [-0.2, -0.15) is 0 Å². The first-order valence-corrected chi connectivity index (χ1v) is 12.7. The molecule has 3 rings (SSSR count). The third kappa shape index (κ3) is 7.41. The summed E-state index contributed by atoms with van der Waals surface area (Å²) in [7, 11) is 0. The SMILES string of the molecule is CCC(NC(=O)Cc1csc(=Nc2cc(C)cc(C)c2)n1CCCCCN)c1ccccc1. The largest absolute Gasteiger partial charge is 0.349 e. The van der Waals surface area contributed by atoms with Crippen LogP contribution in [0.2, 0.25) is 0 Å². The van der Waals surface area contributed by atoms with E-state index in [0.717, 1.165) is 54.0 Å². The van der Waals surface area contributed by atoms with Gasteiger partial charge >= 0.3 is 0 Å². The molecule has 0 radical (unpaired) electrons. The van der Waals surface area contributed by atoms with Crippen molar-refractivity contribution < 1.29 is 4.79 Å². The van der Waals surface area contributed by atoms with Gasteiger partial charge in [0.05, 0.1) is 18.2 Å². The Morgan fingerprint density at radius 2 is 1.82 bits per heavy atom. The van der Waals surface area contributed by atoms with Gasteiger partial charge in [-0.1, -0.05) is 49.7 Å². The molecule has 5 nitrogen and oxygen atoms in total. The minimum atomic E-state index is 0.0229. The van der Waals surface area contributed by atoms with E-state index in [2.05, 4.69) is 66.4 Å². The Labute approximate surface area is 201 Å². The summed E-state index contributed by atoms with van der Waals surface area (Å²) in [6.45, 7) is 7.83. The number of aryl methyl sites for hydroxylation is 2. The Bertz CT molecular complexity index is 1080. The quantitative estimate of drug-likeness (QED) is 0.376. The molecule has 0 aliphatic heterocycles. The number of nitrogens with zero attached hydrogens (tertiary/aromatic N) is 2. The summed E-state index contributed by atoms with van der Waals surface area (Å²) < 4.78 is 2.21. The standard InChI is InChI=1S/C27H36N4OS/c1-4-25(22-11-7-5-8-12-22)30-26(32)18-24-19-33-27(31(24)14-10-6-9-13-28)29-23-16-20(2)15-21(3)17-23/h5,7-8,11-12,15-17,19,25H,4,6,9-10,13-14,18,28H2,1-3H3,(H,30,32). The summed E-state index contributed by atoms with van der Waals surface area (Å²) in [6.07, 6.45) is 4.30. The number of carbonyl (C=O) groups is 1. The highest BCUT2D eigenvalue weighted by molar-refractivity contribution is 7.07. The van der Waals surface area contributed by atoms with Crippen molar-refractivity contribution >= 4 is 22.9 Å². The Morgan fingerprint density at radius 3 is 2.48 bits per heavy atom. The molecule has 2 aromatic carbocycles. The predicted molar refractivity (Wildman–Crippen MR) is 138 cm³/mol. The van der Waals surface area contributed by atoms with Crippen LogP contribution >= 0.6 is 11.3 Å². The lowest BCUT2D eigenvalue weighted by atomic mass is 10.0. The van der Waals surface area contributed by atoms with E-state index in [4.69, 9.17) is 10.7 Å². The first-order valence-electron chi connectivity index (χ1n) is 11.8. The van der Waals surface area contributed by atoms with Crippen molar-refractivity contribution in [3.63, 3.8) is 0 Å². The highest BCUT2D eigenvalue weighted by Gasteiger charge is 2.15. The van der Waals surface area contributed by atoms with Crippen LogP contribution in [-0.4, -0.2) is 17.0 Å². The molecule has 0 fully saturated rings. The number of nitrogens with two attached hydrogens (primary N) is 1. The highest BCUT2D eigenvalue weighted by atomic mass is 32.1. The van der Waals surface area contributed by atoms with Crippen LogP contribution in [0.15, 0.2) is 58.9 Å². The Kier molecular flexibility index (Phi) is 9.46. The van der Waals surface area contributed by atoms with Gasteiger partial charge in [-0.25, -0.2) is 4.99 Å². The lowest BCUT2D eigenvalue weighted by Gasteiger charge is -2.18. The Hall–Kier alpha value is -2.70. The van der Waals surface area contributed by atoms with E-state index in [0.29, 0.717) is 13.0 Å². The highest BCUT2D eigenvalue weighted by Crippen LogP contribution is 2.18. The number of hydrogen-bond donors (Lipinski definition) is 2. The average molecular weight is 465 g/mol. The fourth-order valence-corrected chi connectivity index (χ4v) is 5.01. The van der Waals surface area contributed by atoms with E-state index in [9.17, 15) is 4.79 Å². The topological polar surface area (TPSA) is 72.4 Å². The number of benzene rings is 2. The Morgan fingerprint density at radius 1 is 1.09 bits per heavy atom. The van der Waals surface area contributed by atoms with Gasteiger partial charge in [0, 0.05) is 17.6 Å². The summed E-state index contributed by atoms with van der Waals surface area (Å²) in [4.78, 5) is 18.8. The molecule has 0 spiro atoms. The van der Waals surface area contributed by atoms with Crippen molar-refractivity contribution in [2.75, 3.05) is 6.54 Å². The second-order valence-electron chi connectivity index (χ2n) is 8.58. The van der Waals surface area contributed by atoms with Gasteiger partial charge in [0.2, 0.25) is 5.91 Å². The van der Waals surface area contributed by atoms with Crippen LogP contribution < -0.4 is 15.9 Å². The summed E-state index contributed by atoms with van der Waals surface area (Å²) >= 11 is 1.60. The van der Waals surface area contributed by atoms with E-state index in [1.54, 1.807) is 11.3 Å². The van der Waals surface area contributed by atoms with Gasteiger partial charge in [-0.15, -0.1) is 11.3 Å². The van der Waals surface area contributed by atoms with Gasteiger partial charge in [0.15, 0.2) is 4.80 Å². The second-order valence-corrected chi connectivity index (χ2v) is 9.42. The number of hydrogen-bond acceptors (Lipinski definition) is 4. The zero-order valence-corrected chi connectivity index (χ0v) is 20.8. The van der Waals surface area contributed by atoms with Gasteiger partial charge in [0.25, 0.3) is 0 Å². The van der Waals surface area contributed by atoms with Crippen molar-refractivity contribution in [2.24, 2.45) is 10.7 Å². The zero-order chi connectivity index (χ0) is 23.6. The van der Waals surface area contributed by atoms with E-state index in [-0.39, 0.29) is 11.9 Å². The molecule has 0 aliphatic carbocycles. The molecular formula is C27H36N4OS. The molecule has 1 atom stereocenters. The molecule has 1 heterocycles. The number of unbranched alkanes of at least 4 members (excludes halogenated alkanes) is 2. The van der Waals surface area contributed by atoms with E-state index >= 15 is 0 Å². The maximum atomic E-state index is 13.0. The van der Waals surface area contributed by atoms with Crippen LogP contribution in [-0.2, 0) is 17.8 Å². The van der Waals surface area contributed by atoms with Crippen molar-refractivity contribution in [2.45, 2.75) is 65.5 Å². The zero-order valence-electron chi connectivity index (χ0n) is 20.0. The van der Waals surface area contributed by atoms with Crippen molar-refractivity contribution in [3.8, 4) is 0 Å². The van der Waals surface area contributed by atoms with Crippen molar-refractivity contribution in [1.29, 1.82) is 0 Å². The molecule has 6 heteroatoms. The van der Waals surface area contributed by atoms with Crippen LogP contribution in [0.1, 0.15) is 61.0 Å². The van der Waals surface area contributed by atoms with Crippen LogP contribution in [0.25, 0.3) is 0 Å². The van der Waals surface area contributed by atoms with Crippen molar-refractivity contribution in [1.82, 2.24) is 9.88 Å². The molecule has 176 valence electrons. The smallest absolute Gasteiger partial charge is 0.226 e. The monoisotopic (exact) mass is 464 g/mol. The Balaban J connectivity index is 1.82. The fourth-order valence-electron chi connectivity index (χ4n) is 4.07. The third-order valence-electron chi connectivity index (χ3n) is 5.68. The lowest BCUT2D eigenvalue weighted by molar-refractivity contribution is -0.121. The first-order chi connectivity index (χ1) is 16.0. The number of rotatable bonds is 11. The predicted octanol–water partition coefficient (Wildman–Crippen LogP) is 5.34. The van der Waals surface area contributed by atoms with Gasteiger partial charge in [-0.05, 0) is 68.5 Å². The van der Waals surface area contributed by atoms with Gasteiger partial charge in [0.1, 0.15) is 0 Å². The number of nitrogens with one attached hydrogen (secondary N) is 1. The minimum Gasteiger partial charge on any atom is -0.349 e. The molecule has 33 heavy (non-hydrogen) atoms. The van der Waals surface area contributed by atoms with Crippen LogP contribution in [0.5, 0.6) is 0 Å². The molecule has 1 amide bonds. The van der Waals surface area contributed by atoms with E-state index in [1.165, 1.54) is 11.1 Å². The first kappa shape index (κ1) is 24.9. The molecule has 0 saturated carbocycles. The normalized spacial score (nSPS) is 12.7. The molecule has 0 saturated heterocycles. The lowest BCUT2D eigenvalue weighted by Crippen LogP contribution is -2.31. The van der Waals surface area contributed by atoms with E-state index in [1.807, 2.05) is 18.2 Å². The number of amides is 1. The second kappa shape index (κ2) is 12.5. The molecule has 3 aromatic rings. The summed E-state index contributed by atoms with van der Waals surface area (Å²) in [5.41, 5.74) is 11.2. The third-order valence-corrected chi connectivity index (χ3v) is 6.59. The number of carbonyl (C=O) groups excluding carboxylic acids is 1. The number of thiazole rings is 1. The fraction of sp³-hybridized carbons (Fsp3) is 0.407. The molecule has 1 unspecified atom stereocenters. The average Bonchev–Trinajstić information content (AvgIpc) is 3.15. The summed E-state index contributed by atoms with van der Waals surface area (Å²) in [6, 6.07) is 16.5. The maximum Gasteiger partial charge on any atom is 0.226 e. The van der Waals surface area contributed by atoms with Gasteiger partial charge in [-0.3, -0.25) is 4.79 Å². The van der Waals surface area contributed by atoms with Crippen LogP contribution in [0.3, 0.4) is 0 Å². The van der Waals surface area contributed by atoms with Gasteiger partial charge < -0.3 is 15.6 Å². The van der Waals surface area contributed by atoms with E-state index < -0.39 is 0 Å². The van der Waals surface area contributed by atoms with Crippen LogP contribution in [0.4, 0.5) is 5.69 Å². The summed E-state index contributed by atoms with van der Waals surface area (Å²) in [5.74, 6) is 0.0390. The molecule has 0 aliphatic rings. The molecule has 0 bridgehead atoms. The minimum absolute atomic E-state index is 0.0229. The number of aromatic nitrogens is 1. The molecule has 3 N–H and O–H groups in total.